The number of carbonyl (C=O) groups is 2. The van der Waals surface area contributed by atoms with Crippen molar-refractivity contribution < 1.29 is 24.5 Å². The molecule has 0 fully saturated rings. The number of amides is 1. The van der Waals surface area contributed by atoms with Gasteiger partial charge in [-0.1, -0.05) is 50.3 Å². The van der Waals surface area contributed by atoms with Gasteiger partial charge in [-0.05, 0) is 83.1 Å². The van der Waals surface area contributed by atoms with Crippen LogP contribution in [0.1, 0.15) is 61.0 Å². The zero-order chi connectivity index (χ0) is 26.1. The Hall–Kier alpha value is -2.61. The smallest absolute Gasteiger partial charge is 0.326 e. The molecular weight excluding hydrogens is 474 g/mol. The first-order chi connectivity index (χ1) is 17.2. The molecule has 6 nitrogen and oxygen atoms in total. The summed E-state index contributed by atoms with van der Waals surface area (Å²) >= 11 is 1.55. The molecule has 1 aromatic carbocycles. The SMILES string of the molecule is CSCC[C@H](NC(=O)c1ccc(COCC2=CC=C(CO)CC2)cc1C1=CC=CCC1(C)C)C(=O)O. The number of hydrogen-bond donors (Lipinski definition) is 3. The van der Waals surface area contributed by atoms with Crippen LogP contribution in [-0.2, 0) is 16.1 Å². The van der Waals surface area contributed by atoms with Gasteiger partial charge in [0.25, 0.3) is 5.91 Å². The molecule has 0 saturated heterocycles. The van der Waals surface area contributed by atoms with Crippen molar-refractivity contribution in [2.24, 2.45) is 5.41 Å². The van der Waals surface area contributed by atoms with Crippen LogP contribution < -0.4 is 5.32 Å². The van der Waals surface area contributed by atoms with E-state index in [-0.39, 0.29) is 17.9 Å². The molecular formula is C29H37NO5S. The van der Waals surface area contributed by atoms with Crippen LogP contribution in [-0.4, -0.2) is 53.4 Å². The summed E-state index contributed by atoms with van der Waals surface area (Å²) in [4.78, 5) is 25.0. The lowest BCUT2D eigenvalue weighted by molar-refractivity contribution is -0.139. The van der Waals surface area contributed by atoms with Crippen molar-refractivity contribution in [3.63, 3.8) is 0 Å². The fourth-order valence-corrected chi connectivity index (χ4v) is 4.89. The van der Waals surface area contributed by atoms with Gasteiger partial charge >= 0.3 is 5.97 Å². The van der Waals surface area contributed by atoms with Crippen LogP contribution >= 0.6 is 11.8 Å². The maximum absolute atomic E-state index is 13.3. The predicted molar refractivity (Wildman–Crippen MR) is 146 cm³/mol. The van der Waals surface area contributed by atoms with E-state index in [1.807, 2.05) is 42.7 Å². The molecule has 194 valence electrons. The number of rotatable bonds is 12. The third-order valence-corrected chi connectivity index (χ3v) is 7.31. The molecule has 2 aliphatic rings. The average molecular weight is 512 g/mol. The minimum absolute atomic E-state index is 0.0967. The van der Waals surface area contributed by atoms with Gasteiger partial charge in [-0.2, -0.15) is 11.8 Å². The van der Waals surface area contributed by atoms with E-state index in [4.69, 9.17) is 4.74 Å². The number of aliphatic carboxylic acids is 1. The molecule has 0 spiro atoms. The summed E-state index contributed by atoms with van der Waals surface area (Å²) in [6, 6.07) is 4.72. The first-order valence-corrected chi connectivity index (χ1v) is 13.7. The molecule has 3 rings (SSSR count). The number of hydrogen-bond acceptors (Lipinski definition) is 5. The Bertz CT molecular complexity index is 1080. The van der Waals surface area contributed by atoms with Crippen LogP contribution in [0, 0.1) is 5.41 Å². The molecule has 0 aliphatic heterocycles. The van der Waals surface area contributed by atoms with Gasteiger partial charge in [0.05, 0.1) is 19.8 Å². The highest BCUT2D eigenvalue weighted by Gasteiger charge is 2.29. The van der Waals surface area contributed by atoms with Gasteiger partial charge in [-0.25, -0.2) is 4.79 Å². The summed E-state index contributed by atoms with van der Waals surface area (Å²) in [5, 5.41) is 21.6. The number of carbonyl (C=O) groups excluding carboxylic acids is 1. The molecule has 1 amide bonds. The third kappa shape index (κ3) is 7.45. The Morgan fingerprint density at radius 2 is 1.89 bits per heavy atom. The van der Waals surface area contributed by atoms with Gasteiger partial charge in [-0.3, -0.25) is 4.79 Å². The highest BCUT2D eigenvalue weighted by atomic mass is 32.2. The molecule has 1 aromatic rings. The molecule has 3 N–H and O–H groups in total. The highest BCUT2D eigenvalue weighted by molar-refractivity contribution is 7.98. The molecule has 0 radical (unpaired) electrons. The van der Waals surface area contributed by atoms with Crippen molar-refractivity contribution >= 4 is 29.2 Å². The quantitative estimate of drug-likeness (QED) is 0.359. The van der Waals surface area contributed by atoms with Crippen LogP contribution in [0.4, 0.5) is 0 Å². The van der Waals surface area contributed by atoms with E-state index in [1.165, 1.54) is 5.57 Å². The molecule has 0 saturated carbocycles. The lowest BCUT2D eigenvalue weighted by Crippen LogP contribution is -2.41. The summed E-state index contributed by atoms with van der Waals surface area (Å²) in [6.07, 6.45) is 15.0. The molecule has 36 heavy (non-hydrogen) atoms. The molecule has 7 heteroatoms. The fourth-order valence-electron chi connectivity index (χ4n) is 4.42. The zero-order valence-corrected chi connectivity index (χ0v) is 22.2. The maximum atomic E-state index is 13.3. The van der Waals surface area contributed by atoms with Crippen LogP contribution in [0.2, 0.25) is 0 Å². The molecule has 0 unspecified atom stereocenters. The number of ether oxygens (including phenoxy) is 1. The molecule has 0 heterocycles. The minimum atomic E-state index is -1.03. The van der Waals surface area contributed by atoms with Crippen molar-refractivity contribution in [1.29, 1.82) is 0 Å². The third-order valence-electron chi connectivity index (χ3n) is 6.67. The molecule has 0 aromatic heterocycles. The second kappa shape index (κ2) is 13.1. The Morgan fingerprint density at radius 3 is 2.53 bits per heavy atom. The number of aliphatic hydroxyl groups is 1. The topological polar surface area (TPSA) is 95.9 Å². The molecule has 2 aliphatic carbocycles. The Labute approximate surface area is 218 Å². The van der Waals surface area contributed by atoms with E-state index >= 15 is 0 Å². The Morgan fingerprint density at radius 1 is 1.14 bits per heavy atom. The summed E-state index contributed by atoms with van der Waals surface area (Å²) in [5.41, 5.74) is 5.34. The van der Waals surface area contributed by atoms with Crippen LogP contribution in [0.15, 0.2) is 59.7 Å². The number of carboxylic acids is 1. The van der Waals surface area contributed by atoms with Crippen molar-refractivity contribution in [3.05, 3.63) is 76.4 Å². The van der Waals surface area contributed by atoms with Crippen LogP contribution in [0.25, 0.3) is 5.57 Å². The maximum Gasteiger partial charge on any atom is 0.326 e. The van der Waals surface area contributed by atoms with Gasteiger partial charge in [0.15, 0.2) is 0 Å². The average Bonchev–Trinajstić information content (AvgIpc) is 2.86. The standard InChI is InChI=1S/C29H37NO5S/c1-29(2)14-5-4-6-25(29)24-16-22(19-35-18-21-9-7-20(17-31)8-10-21)11-12-23(24)27(32)30-26(28(33)34)13-15-36-3/h4-7,9,11-12,16,26,31H,8,10,13-15,17-19H2,1-3H3,(H,30,32)(H,33,34)/t26-/m0/s1. The van der Waals surface area contributed by atoms with Crippen molar-refractivity contribution in [2.75, 3.05) is 25.2 Å². The minimum Gasteiger partial charge on any atom is -0.480 e. The summed E-state index contributed by atoms with van der Waals surface area (Å²) in [7, 11) is 0. The first kappa shape index (κ1) is 28.0. The zero-order valence-electron chi connectivity index (χ0n) is 21.4. The number of allylic oxidation sites excluding steroid dienone is 6. The number of benzene rings is 1. The van der Waals surface area contributed by atoms with E-state index in [9.17, 15) is 19.8 Å². The fraction of sp³-hybridized carbons (Fsp3) is 0.448. The predicted octanol–water partition coefficient (Wildman–Crippen LogP) is 5.15. The second-order valence-electron chi connectivity index (χ2n) is 9.92. The van der Waals surface area contributed by atoms with Crippen molar-refractivity contribution in [1.82, 2.24) is 5.32 Å². The summed E-state index contributed by atoms with van der Waals surface area (Å²) in [5.74, 6) is -0.755. The van der Waals surface area contributed by atoms with Crippen molar-refractivity contribution in [2.45, 2.75) is 52.2 Å². The largest absolute Gasteiger partial charge is 0.480 e. The number of nitrogens with one attached hydrogen (secondary N) is 1. The van der Waals surface area contributed by atoms with Crippen LogP contribution in [0.3, 0.4) is 0 Å². The van der Waals surface area contributed by atoms with Gasteiger partial charge in [0.1, 0.15) is 6.04 Å². The van der Waals surface area contributed by atoms with Gasteiger partial charge in [-0.15, -0.1) is 0 Å². The number of thioether (sulfide) groups is 1. The Balaban J connectivity index is 1.83. The van der Waals surface area contributed by atoms with E-state index in [0.717, 1.165) is 41.5 Å². The highest BCUT2D eigenvalue weighted by Crippen LogP contribution is 2.41. The van der Waals surface area contributed by atoms with Crippen LogP contribution in [0.5, 0.6) is 0 Å². The van der Waals surface area contributed by atoms with E-state index < -0.39 is 12.0 Å². The summed E-state index contributed by atoms with van der Waals surface area (Å²) < 4.78 is 5.99. The lowest BCUT2D eigenvalue weighted by Gasteiger charge is -2.31. The normalized spacial score (nSPS) is 17.6. The van der Waals surface area contributed by atoms with Gasteiger partial charge < -0.3 is 20.3 Å². The first-order valence-electron chi connectivity index (χ1n) is 12.3. The van der Waals surface area contributed by atoms with E-state index in [0.29, 0.717) is 31.0 Å². The van der Waals surface area contributed by atoms with E-state index in [2.05, 4.69) is 25.2 Å². The van der Waals surface area contributed by atoms with Gasteiger partial charge in [0.2, 0.25) is 0 Å². The second-order valence-corrected chi connectivity index (χ2v) is 10.9. The molecule has 1 atom stereocenters. The van der Waals surface area contributed by atoms with E-state index in [1.54, 1.807) is 17.8 Å². The lowest BCUT2D eigenvalue weighted by atomic mass is 9.74. The number of carboxylic acid groups (broad SMARTS) is 1. The number of aliphatic hydroxyl groups excluding tert-OH is 1. The van der Waals surface area contributed by atoms with Gasteiger partial charge in [0, 0.05) is 5.56 Å². The van der Waals surface area contributed by atoms with Crippen molar-refractivity contribution in [3.8, 4) is 0 Å². The molecule has 0 bridgehead atoms. The monoisotopic (exact) mass is 511 g/mol. The summed E-state index contributed by atoms with van der Waals surface area (Å²) in [6.45, 7) is 5.31. The Kier molecular flexibility index (Phi) is 10.2.